The number of hydrogen-bond donors (Lipinski definition) is 0. The van der Waals surface area contributed by atoms with Crippen LogP contribution >= 0.6 is 22.9 Å². The van der Waals surface area contributed by atoms with E-state index in [2.05, 4.69) is 10.2 Å². The Labute approximate surface area is 96.7 Å². The highest BCUT2D eigenvalue weighted by atomic mass is 35.5. The van der Waals surface area contributed by atoms with E-state index in [4.69, 9.17) is 16.3 Å². The average molecular weight is 241 g/mol. The predicted molar refractivity (Wildman–Crippen MR) is 60.7 cm³/mol. The zero-order chi connectivity index (χ0) is 10.7. The van der Waals surface area contributed by atoms with E-state index in [-0.39, 0.29) is 0 Å². The summed E-state index contributed by atoms with van der Waals surface area (Å²) in [4.78, 5) is 0. The van der Waals surface area contributed by atoms with Gasteiger partial charge >= 0.3 is 0 Å². The van der Waals surface area contributed by atoms with Gasteiger partial charge in [-0.25, -0.2) is 0 Å². The molecule has 2 rings (SSSR count). The van der Waals surface area contributed by atoms with Gasteiger partial charge < -0.3 is 4.74 Å². The van der Waals surface area contributed by atoms with E-state index in [1.807, 2.05) is 31.2 Å². The zero-order valence-electron chi connectivity index (χ0n) is 8.11. The minimum absolute atomic E-state index is 0.370. The summed E-state index contributed by atoms with van der Waals surface area (Å²) in [5, 5.41) is 9.05. The lowest BCUT2D eigenvalue weighted by atomic mass is 10.2. The van der Waals surface area contributed by atoms with Crippen LogP contribution < -0.4 is 4.74 Å². The van der Waals surface area contributed by atoms with E-state index in [0.29, 0.717) is 11.1 Å². The third kappa shape index (κ3) is 2.46. The number of benzene rings is 1. The number of aromatic nitrogens is 2. The van der Waals surface area contributed by atoms with Crippen LogP contribution in [0.1, 0.15) is 10.6 Å². The number of aryl methyl sites for hydroxylation is 1. The molecule has 0 radical (unpaired) electrons. The van der Waals surface area contributed by atoms with Crippen LogP contribution in [-0.4, -0.2) is 10.2 Å². The summed E-state index contributed by atoms with van der Waals surface area (Å²) < 4.78 is 5.58. The van der Waals surface area contributed by atoms with Crippen LogP contribution in [0, 0.1) is 6.92 Å². The van der Waals surface area contributed by atoms with Crippen molar-refractivity contribution in [3.05, 3.63) is 34.8 Å². The quantitative estimate of drug-likeness (QED) is 0.772. The van der Waals surface area contributed by atoms with Crippen molar-refractivity contribution < 1.29 is 4.74 Å². The molecule has 0 unspecified atom stereocenters. The largest absolute Gasteiger partial charge is 0.430 e. The van der Waals surface area contributed by atoms with Gasteiger partial charge in [-0.05, 0) is 18.6 Å². The molecule has 0 bridgehead atoms. The van der Waals surface area contributed by atoms with Gasteiger partial charge in [0.25, 0.3) is 5.19 Å². The van der Waals surface area contributed by atoms with E-state index in [0.717, 1.165) is 16.3 Å². The Bertz CT molecular complexity index is 458. The molecule has 0 aliphatic heterocycles. The third-order valence-electron chi connectivity index (χ3n) is 1.85. The van der Waals surface area contributed by atoms with Crippen molar-refractivity contribution in [3.63, 3.8) is 0 Å². The molecule has 1 aromatic carbocycles. The van der Waals surface area contributed by atoms with E-state index >= 15 is 0 Å². The highest BCUT2D eigenvalue weighted by Crippen LogP contribution is 2.27. The first kappa shape index (κ1) is 10.4. The number of nitrogens with zero attached hydrogens (tertiary/aromatic N) is 2. The van der Waals surface area contributed by atoms with Crippen LogP contribution in [0.25, 0.3) is 0 Å². The highest BCUT2D eigenvalue weighted by Gasteiger charge is 2.06. The zero-order valence-corrected chi connectivity index (χ0v) is 9.68. The number of rotatable bonds is 3. The Morgan fingerprint density at radius 2 is 2.13 bits per heavy atom. The van der Waals surface area contributed by atoms with Crippen molar-refractivity contribution in [1.82, 2.24) is 10.2 Å². The second-order valence-electron chi connectivity index (χ2n) is 2.96. The van der Waals surface area contributed by atoms with Gasteiger partial charge in [-0.1, -0.05) is 34.6 Å². The Hall–Kier alpha value is -1.13. The molecule has 0 amide bonds. The summed E-state index contributed by atoms with van der Waals surface area (Å²) in [7, 11) is 0. The fourth-order valence-electron chi connectivity index (χ4n) is 1.10. The van der Waals surface area contributed by atoms with Gasteiger partial charge in [-0.2, -0.15) is 0 Å². The van der Waals surface area contributed by atoms with Crippen molar-refractivity contribution in [1.29, 1.82) is 0 Å². The standard InChI is InChI=1S/C10H9ClN2OS/c1-7-4-2-3-5-8(7)14-10-13-12-9(6-11)15-10/h2-5H,6H2,1H3. The number of hydrogen-bond acceptors (Lipinski definition) is 4. The van der Waals surface area contributed by atoms with Gasteiger partial charge in [0.05, 0.1) is 5.88 Å². The summed E-state index contributed by atoms with van der Waals surface area (Å²) in [6.07, 6.45) is 0. The van der Waals surface area contributed by atoms with E-state index < -0.39 is 0 Å². The van der Waals surface area contributed by atoms with E-state index in [1.54, 1.807) is 0 Å². The molecule has 15 heavy (non-hydrogen) atoms. The van der Waals surface area contributed by atoms with Gasteiger partial charge in [-0.3, -0.25) is 0 Å². The fraction of sp³-hybridized carbons (Fsp3) is 0.200. The van der Waals surface area contributed by atoms with Crippen molar-refractivity contribution >= 4 is 22.9 Å². The van der Waals surface area contributed by atoms with Crippen LogP contribution in [0.5, 0.6) is 10.9 Å². The lowest BCUT2D eigenvalue weighted by molar-refractivity contribution is 0.469. The minimum Gasteiger partial charge on any atom is -0.430 e. The topological polar surface area (TPSA) is 35.0 Å². The number of para-hydroxylation sites is 1. The van der Waals surface area contributed by atoms with E-state index in [9.17, 15) is 0 Å². The molecule has 2 aromatic rings. The molecule has 0 saturated heterocycles. The van der Waals surface area contributed by atoms with Crippen LogP contribution in [-0.2, 0) is 5.88 Å². The molecule has 1 aromatic heterocycles. The molecule has 1 heterocycles. The Morgan fingerprint density at radius 3 is 2.80 bits per heavy atom. The van der Waals surface area contributed by atoms with Crippen molar-refractivity contribution in [2.75, 3.05) is 0 Å². The summed E-state index contributed by atoms with van der Waals surface area (Å²) in [5.41, 5.74) is 1.07. The predicted octanol–water partition coefficient (Wildman–Crippen LogP) is 3.38. The number of ether oxygens (including phenoxy) is 1. The second kappa shape index (κ2) is 4.59. The molecule has 0 atom stereocenters. The highest BCUT2D eigenvalue weighted by molar-refractivity contribution is 7.13. The van der Waals surface area contributed by atoms with Gasteiger partial charge in [0.15, 0.2) is 0 Å². The maximum Gasteiger partial charge on any atom is 0.299 e. The summed E-state index contributed by atoms with van der Waals surface area (Å²) in [6, 6.07) is 7.77. The molecular weight excluding hydrogens is 232 g/mol. The lowest BCUT2D eigenvalue weighted by Crippen LogP contribution is -1.85. The fourth-order valence-corrected chi connectivity index (χ4v) is 1.87. The molecule has 0 saturated carbocycles. The maximum absolute atomic E-state index is 5.63. The molecule has 78 valence electrons. The van der Waals surface area contributed by atoms with Gasteiger partial charge in [0, 0.05) is 0 Å². The smallest absolute Gasteiger partial charge is 0.299 e. The first-order valence-corrected chi connectivity index (χ1v) is 5.76. The average Bonchev–Trinajstić information content (AvgIpc) is 2.69. The first-order chi connectivity index (χ1) is 7.29. The van der Waals surface area contributed by atoms with Crippen molar-refractivity contribution in [3.8, 4) is 10.9 Å². The third-order valence-corrected chi connectivity index (χ3v) is 3.07. The SMILES string of the molecule is Cc1ccccc1Oc1nnc(CCl)s1. The normalized spacial score (nSPS) is 10.3. The minimum atomic E-state index is 0.370. The van der Waals surface area contributed by atoms with Crippen LogP contribution in [0.4, 0.5) is 0 Å². The van der Waals surface area contributed by atoms with Crippen LogP contribution in [0.2, 0.25) is 0 Å². The Kier molecular flexibility index (Phi) is 3.18. The van der Waals surface area contributed by atoms with Gasteiger partial charge in [0.1, 0.15) is 10.8 Å². The van der Waals surface area contributed by atoms with Gasteiger partial charge in [-0.15, -0.1) is 16.7 Å². The lowest BCUT2D eigenvalue weighted by Gasteiger charge is -2.03. The summed E-state index contributed by atoms with van der Waals surface area (Å²) in [6.45, 7) is 1.98. The molecule has 5 heteroatoms. The first-order valence-electron chi connectivity index (χ1n) is 4.41. The molecule has 0 N–H and O–H groups in total. The molecule has 0 aliphatic carbocycles. The van der Waals surface area contributed by atoms with Crippen LogP contribution in [0.15, 0.2) is 24.3 Å². The number of halogens is 1. The molecule has 0 spiro atoms. The molecule has 0 aliphatic rings. The van der Waals surface area contributed by atoms with Gasteiger partial charge in [0.2, 0.25) is 0 Å². The molecule has 0 fully saturated rings. The summed E-state index contributed by atoms with van der Waals surface area (Å²) >= 11 is 6.99. The second-order valence-corrected chi connectivity index (χ2v) is 4.25. The maximum atomic E-state index is 5.63. The van der Waals surface area contributed by atoms with E-state index in [1.165, 1.54) is 11.3 Å². The van der Waals surface area contributed by atoms with Crippen LogP contribution in [0.3, 0.4) is 0 Å². The summed E-state index contributed by atoms with van der Waals surface area (Å²) in [5.74, 6) is 1.17. The Balaban J connectivity index is 2.18. The monoisotopic (exact) mass is 240 g/mol. The van der Waals surface area contributed by atoms with Crippen molar-refractivity contribution in [2.45, 2.75) is 12.8 Å². The number of alkyl halides is 1. The molecular formula is C10H9ClN2OS. The van der Waals surface area contributed by atoms with Crippen molar-refractivity contribution in [2.24, 2.45) is 0 Å². The Morgan fingerprint density at radius 1 is 1.33 bits per heavy atom. The molecule has 3 nitrogen and oxygen atoms in total.